The van der Waals surface area contributed by atoms with Gasteiger partial charge in [-0.3, -0.25) is 9.36 Å². The van der Waals surface area contributed by atoms with E-state index in [1.165, 1.54) is 22.2 Å². The van der Waals surface area contributed by atoms with E-state index in [4.69, 9.17) is 10.2 Å². The van der Waals surface area contributed by atoms with E-state index in [1.807, 2.05) is 13.8 Å². The molecular weight excluding hydrogens is 374 g/mol. The quantitative estimate of drug-likeness (QED) is 0.437. The number of fused-ring (bicyclic) bond motifs is 1. The molecule has 0 N–H and O–H groups in total. The number of aromatic nitrogens is 2. The van der Waals surface area contributed by atoms with Gasteiger partial charge in [0.05, 0.1) is 23.9 Å². The number of rotatable bonds is 6. The van der Waals surface area contributed by atoms with Crippen molar-refractivity contribution in [3.05, 3.63) is 56.2 Å². The highest BCUT2D eigenvalue weighted by atomic mass is 32.2. The summed E-state index contributed by atoms with van der Waals surface area (Å²) in [6.07, 6.45) is 0.901. The molecule has 3 rings (SSSR count). The van der Waals surface area contributed by atoms with Crippen LogP contribution in [0.5, 0.6) is 0 Å². The number of hydrogen-bond acceptors (Lipinski definition) is 5. The lowest BCUT2D eigenvalue weighted by molar-refractivity contribution is 0.657. The first-order valence-electron chi connectivity index (χ1n) is 9.05. The van der Waals surface area contributed by atoms with Gasteiger partial charge < -0.3 is 0 Å². The molecule has 0 amide bonds. The molecule has 0 aliphatic rings. The topological polar surface area (TPSA) is 58.7 Å². The van der Waals surface area contributed by atoms with Crippen LogP contribution in [0.15, 0.2) is 34.2 Å². The van der Waals surface area contributed by atoms with Crippen LogP contribution in [0.4, 0.5) is 0 Å². The van der Waals surface area contributed by atoms with E-state index >= 15 is 0 Å². The largest absolute Gasteiger partial charge is 0.283 e. The van der Waals surface area contributed by atoms with Crippen molar-refractivity contribution >= 4 is 33.3 Å². The zero-order valence-electron chi connectivity index (χ0n) is 16.1. The third-order valence-corrected chi connectivity index (χ3v) is 7.15. The molecule has 140 valence electrons. The smallest absolute Gasteiger partial charge is 0.263 e. The number of aryl methyl sites for hydroxylation is 3. The number of thioether (sulfide) groups is 1. The van der Waals surface area contributed by atoms with Gasteiger partial charge in [-0.05, 0) is 38.3 Å². The molecule has 0 aliphatic carbocycles. The van der Waals surface area contributed by atoms with E-state index < -0.39 is 0 Å². The van der Waals surface area contributed by atoms with Gasteiger partial charge in [0.15, 0.2) is 5.16 Å². The third kappa shape index (κ3) is 4.10. The molecule has 0 fully saturated rings. The summed E-state index contributed by atoms with van der Waals surface area (Å²) in [6, 6.07) is 10.5. The van der Waals surface area contributed by atoms with Gasteiger partial charge in [0.2, 0.25) is 0 Å². The second-order valence-corrected chi connectivity index (χ2v) is 8.87. The first-order valence-corrected chi connectivity index (χ1v) is 10.9. The van der Waals surface area contributed by atoms with Crippen LogP contribution < -0.4 is 5.56 Å². The Morgan fingerprint density at radius 2 is 2.00 bits per heavy atom. The molecular formula is C21H23N3OS2. The van der Waals surface area contributed by atoms with Gasteiger partial charge in [0.25, 0.3) is 5.56 Å². The summed E-state index contributed by atoms with van der Waals surface area (Å²) in [4.78, 5) is 20.2. The van der Waals surface area contributed by atoms with Gasteiger partial charge in [0, 0.05) is 10.6 Å². The SMILES string of the molecule is CCc1sc2nc(SC[C@@H](C)C#N)n(Cc3ccc(C)cc3)c(=O)c2c1C. The average Bonchev–Trinajstić information content (AvgIpc) is 2.99. The Bertz CT molecular complexity index is 1060. The van der Waals surface area contributed by atoms with Crippen LogP contribution in [0.2, 0.25) is 0 Å². The Morgan fingerprint density at radius 3 is 2.63 bits per heavy atom. The number of benzene rings is 1. The summed E-state index contributed by atoms with van der Waals surface area (Å²) in [7, 11) is 0. The maximum atomic E-state index is 13.3. The summed E-state index contributed by atoms with van der Waals surface area (Å²) in [5.74, 6) is 0.527. The highest BCUT2D eigenvalue weighted by Crippen LogP contribution is 2.30. The molecule has 1 atom stereocenters. The van der Waals surface area contributed by atoms with Gasteiger partial charge in [0.1, 0.15) is 4.83 Å². The first-order chi connectivity index (χ1) is 12.9. The van der Waals surface area contributed by atoms with Crippen molar-refractivity contribution in [1.29, 1.82) is 5.26 Å². The molecule has 0 radical (unpaired) electrons. The van der Waals surface area contributed by atoms with Crippen LogP contribution in [0.25, 0.3) is 10.2 Å². The summed E-state index contributed by atoms with van der Waals surface area (Å²) in [5.41, 5.74) is 3.33. The lowest BCUT2D eigenvalue weighted by Gasteiger charge is -2.13. The molecule has 1 aromatic carbocycles. The zero-order valence-corrected chi connectivity index (χ0v) is 17.7. The summed E-state index contributed by atoms with van der Waals surface area (Å²) < 4.78 is 1.76. The Balaban J connectivity index is 2.12. The fourth-order valence-electron chi connectivity index (χ4n) is 2.94. The number of nitrogens with zero attached hydrogens (tertiary/aromatic N) is 3. The summed E-state index contributed by atoms with van der Waals surface area (Å²) in [5, 5.41) is 10.5. The maximum Gasteiger partial charge on any atom is 0.263 e. The zero-order chi connectivity index (χ0) is 19.6. The molecule has 0 saturated heterocycles. The van der Waals surface area contributed by atoms with E-state index in [0.29, 0.717) is 17.5 Å². The van der Waals surface area contributed by atoms with Crippen LogP contribution in [0, 0.1) is 31.1 Å². The molecule has 2 heterocycles. The molecule has 0 spiro atoms. The van der Waals surface area contributed by atoms with Gasteiger partial charge in [-0.1, -0.05) is 48.5 Å². The van der Waals surface area contributed by atoms with Gasteiger partial charge in [-0.15, -0.1) is 11.3 Å². The predicted molar refractivity (Wildman–Crippen MR) is 114 cm³/mol. The molecule has 3 aromatic rings. The number of nitriles is 1. The molecule has 0 unspecified atom stereocenters. The van der Waals surface area contributed by atoms with Gasteiger partial charge in [-0.25, -0.2) is 4.98 Å². The van der Waals surface area contributed by atoms with Crippen molar-refractivity contribution in [3.63, 3.8) is 0 Å². The van der Waals surface area contributed by atoms with Crippen molar-refractivity contribution in [3.8, 4) is 6.07 Å². The highest BCUT2D eigenvalue weighted by molar-refractivity contribution is 7.99. The Labute approximate surface area is 167 Å². The second-order valence-electron chi connectivity index (χ2n) is 6.80. The van der Waals surface area contributed by atoms with Crippen molar-refractivity contribution in [2.45, 2.75) is 45.8 Å². The molecule has 0 saturated carbocycles. The van der Waals surface area contributed by atoms with E-state index in [-0.39, 0.29) is 11.5 Å². The van der Waals surface area contributed by atoms with E-state index in [9.17, 15) is 4.79 Å². The van der Waals surface area contributed by atoms with Crippen molar-refractivity contribution in [1.82, 2.24) is 9.55 Å². The lowest BCUT2D eigenvalue weighted by atomic mass is 10.1. The standard InChI is InChI=1S/C21H23N3OS2/c1-5-17-15(4)18-19(27-17)23-21(26-12-14(3)10-22)24(20(18)25)11-16-8-6-13(2)7-9-16/h6-9,14H,5,11-12H2,1-4H3/t14-/m0/s1. The van der Waals surface area contributed by atoms with E-state index in [2.05, 4.69) is 44.2 Å². The minimum Gasteiger partial charge on any atom is -0.283 e. The first kappa shape index (κ1) is 19.7. The summed E-state index contributed by atoms with van der Waals surface area (Å²) in [6.45, 7) is 8.55. The third-order valence-electron chi connectivity index (χ3n) is 4.58. The van der Waals surface area contributed by atoms with Crippen LogP contribution in [0.3, 0.4) is 0 Å². The monoisotopic (exact) mass is 397 g/mol. The van der Waals surface area contributed by atoms with Gasteiger partial charge >= 0.3 is 0 Å². The van der Waals surface area contributed by atoms with Crippen molar-refractivity contribution in [2.75, 3.05) is 5.75 Å². The molecule has 2 aromatic heterocycles. The van der Waals surface area contributed by atoms with Crippen molar-refractivity contribution < 1.29 is 0 Å². The highest BCUT2D eigenvalue weighted by Gasteiger charge is 2.18. The summed E-state index contributed by atoms with van der Waals surface area (Å²) >= 11 is 3.10. The number of hydrogen-bond donors (Lipinski definition) is 0. The van der Waals surface area contributed by atoms with Crippen LogP contribution in [0.1, 0.15) is 35.4 Å². The van der Waals surface area contributed by atoms with Crippen LogP contribution in [-0.2, 0) is 13.0 Å². The predicted octanol–water partition coefficient (Wildman–Crippen LogP) is 4.94. The maximum absolute atomic E-state index is 13.3. The molecule has 0 aliphatic heterocycles. The number of thiophene rings is 1. The fourth-order valence-corrected chi connectivity index (χ4v) is 5.04. The minimum absolute atomic E-state index is 0.0149. The average molecular weight is 398 g/mol. The van der Waals surface area contributed by atoms with E-state index in [1.54, 1.807) is 15.9 Å². The molecule has 0 bridgehead atoms. The molecule has 27 heavy (non-hydrogen) atoms. The van der Waals surface area contributed by atoms with Crippen molar-refractivity contribution in [2.24, 2.45) is 5.92 Å². The van der Waals surface area contributed by atoms with Gasteiger partial charge in [-0.2, -0.15) is 5.26 Å². The Kier molecular flexibility index (Phi) is 6.03. The molecule has 4 nitrogen and oxygen atoms in total. The molecule has 6 heteroatoms. The van der Waals surface area contributed by atoms with Crippen LogP contribution in [-0.4, -0.2) is 15.3 Å². The Morgan fingerprint density at radius 1 is 1.30 bits per heavy atom. The normalized spacial score (nSPS) is 12.3. The Hall–Kier alpha value is -2.10. The van der Waals surface area contributed by atoms with Crippen LogP contribution >= 0.6 is 23.1 Å². The lowest BCUT2D eigenvalue weighted by Crippen LogP contribution is -2.24. The van der Waals surface area contributed by atoms with E-state index in [0.717, 1.165) is 27.8 Å². The second kappa shape index (κ2) is 8.28. The minimum atomic E-state index is -0.0910. The fraction of sp³-hybridized carbons (Fsp3) is 0.381.